The van der Waals surface area contributed by atoms with Crippen LogP contribution in [0.25, 0.3) is 5.69 Å². The Morgan fingerprint density at radius 2 is 2.20 bits per heavy atom. The van der Waals surface area contributed by atoms with Gasteiger partial charge in [-0.2, -0.15) is 5.10 Å². The summed E-state index contributed by atoms with van der Waals surface area (Å²) in [7, 11) is 0. The van der Waals surface area contributed by atoms with E-state index < -0.39 is 0 Å². The molecule has 20 heavy (non-hydrogen) atoms. The third kappa shape index (κ3) is 2.74. The van der Waals surface area contributed by atoms with E-state index in [0.717, 1.165) is 29.1 Å². The molecule has 1 aromatic carbocycles. The lowest BCUT2D eigenvalue weighted by Gasteiger charge is -2.15. The minimum absolute atomic E-state index is 0.132. The maximum atomic E-state index is 6.37. The first-order chi connectivity index (χ1) is 9.69. The Morgan fingerprint density at radius 1 is 1.40 bits per heavy atom. The van der Waals surface area contributed by atoms with E-state index in [1.165, 1.54) is 18.5 Å². The molecular formula is C16H20ClN3. The quantitative estimate of drug-likeness (QED) is 0.912. The molecule has 0 bridgehead atoms. The molecule has 0 amide bonds. The van der Waals surface area contributed by atoms with Crippen LogP contribution in [0.15, 0.2) is 30.5 Å². The molecule has 1 atom stereocenters. The van der Waals surface area contributed by atoms with Crippen molar-refractivity contribution in [1.29, 1.82) is 0 Å². The van der Waals surface area contributed by atoms with Crippen LogP contribution in [0.1, 0.15) is 43.4 Å². The van der Waals surface area contributed by atoms with Crippen molar-refractivity contribution in [3.05, 3.63) is 46.7 Å². The zero-order valence-electron chi connectivity index (χ0n) is 11.7. The topological polar surface area (TPSA) is 43.8 Å². The molecule has 1 aromatic heterocycles. The van der Waals surface area contributed by atoms with Crippen LogP contribution in [0.4, 0.5) is 0 Å². The monoisotopic (exact) mass is 289 g/mol. The Morgan fingerprint density at radius 3 is 2.90 bits per heavy atom. The fraction of sp³-hybridized carbons (Fsp3) is 0.438. The van der Waals surface area contributed by atoms with Crippen molar-refractivity contribution in [2.75, 3.05) is 0 Å². The van der Waals surface area contributed by atoms with E-state index in [9.17, 15) is 0 Å². The second kappa shape index (κ2) is 5.58. The summed E-state index contributed by atoms with van der Waals surface area (Å²) >= 11 is 6.37. The number of aromatic nitrogens is 2. The average Bonchev–Trinajstić information content (AvgIpc) is 3.19. The van der Waals surface area contributed by atoms with Gasteiger partial charge in [0.1, 0.15) is 0 Å². The molecule has 0 saturated heterocycles. The molecular weight excluding hydrogens is 270 g/mol. The number of rotatable bonds is 5. The molecule has 1 heterocycles. The molecule has 3 nitrogen and oxygen atoms in total. The highest BCUT2D eigenvalue weighted by Gasteiger charge is 2.26. The summed E-state index contributed by atoms with van der Waals surface area (Å²) in [5, 5.41) is 5.47. The Kier molecular flexibility index (Phi) is 3.81. The zero-order valence-corrected chi connectivity index (χ0v) is 12.5. The average molecular weight is 290 g/mol. The molecule has 1 aliphatic rings. The summed E-state index contributed by atoms with van der Waals surface area (Å²) in [6.45, 7) is 2.10. The lowest BCUT2D eigenvalue weighted by molar-refractivity contribution is 0.642. The van der Waals surface area contributed by atoms with Gasteiger partial charge in [0.15, 0.2) is 0 Å². The first-order valence-corrected chi connectivity index (χ1v) is 7.65. The number of nitrogens with two attached hydrogens (primary N) is 1. The van der Waals surface area contributed by atoms with Crippen molar-refractivity contribution < 1.29 is 0 Å². The van der Waals surface area contributed by atoms with Crippen LogP contribution in [-0.4, -0.2) is 15.8 Å². The van der Waals surface area contributed by atoms with Gasteiger partial charge in [0, 0.05) is 23.2 Å². The third-order valence-corrected chi connectivity index (χ3v) is 4.29. The fourth-order valence-corrected chi connectivity index (χ4v) is 2.69. The third-order valence-electron chi connectivity index (χ3n) is 3.94. The lowest BCUT2D eigenvalue weighted by Crippen LogP contribution is -2.22. The second-order valence-electron chi connectivity index (χ2n) is 5.57. The van der Waals surface area contributed by atoms with Gasteiger partial charge in [-0.05, 0) is 49.4 Å². The molecule has 1 saturated carbocycles. The van der Waals surface area contributed by atoms with Gasteiger partial charge >= 0.3 is 0 Å². The van der Waals surface area contributed by atoms with Crippen LogP contribution in [0, 0.1) is 0 Å². The molecule has 0 spiro atoms. The maximum absolute atomic E-state index is 6.37. The van der Waals surface area contributed by atoms with E-state index in [-0.39, 0.29) is 6.04 Å². The smallest absolute Gasteiger partial charge is 0.0693 e. The van der Waals surface area contributed by atoms with Crippen molar-refractivity contribution in [3.8, 4) is 5.69 Å². The van der Waals surface area contributed by atoms with Crippen molar-refractivity contribution in [2.24, 2.45) is 5.73 Å². The molecule has 3 rings (SSSR count). The molecule has 106 valence electrons. The molecule has 2 N–H and O–H groups in total. The normalized spacial score (nSPS) is 16.4. The predicted molar refractivity (Wildman–Crippen MR) is 82.5 cm³/mol. The Labute approximate surface area is 124 Å². The minimum atomic E-state index is 0.132. The SMILES string of the molecule is CCC(N)Cc1c(Cl)cccc1-n1ccc(C2CC2)n1. The van der Waals surface area contributed by atoms with E-state index in [1.807, 2.05) is 23.0 Å². The summed E-state index contributed by atoms with van der Waals surface area (Å²) in [5.41, 5.74) is 9.43. The van der Waals surface area contributed by atoms with Crippen LogP contribution < -0.4 is 5.73 Å². The van der Waals surface area contributed by atoms with Gasteiger partial charge in [0.2, 0.25) is 0 Å². The van der Waals surface area contributed by atoms with E-state index in [4.69, 9.17) is 22.4 Å². The van der Waals surface area contributed by atoms with Gasteiger partial charge in [0.05, 0.1) is 11.4 Å². The Bertz CT molecular complexity index is 602. The van der Waals surface area contributed by atoms with Gasteiger partial charge in [0.25, 0.3) is 0 Å². The largest absolute Gasteiger partial charge is 0.327 e. The number of halogens is 1. The lowest BCUT2D eigenvalue weighted by atomic mass is 10.0. The maximum Gasteiger partial charge on any atom is 0.0693 e. The van der Waals surface area contributed by atoms with Gasteiger partial charge in [-0.15, -0.1) is 0 Å². The second-order valence-corrected chi connectivity index (χ2v) is 5.98. The Balaban J connectivity index is 1.96. The van der Waals surface area contributed by atoms with Gasteiger partial charge in [-0.1, -0.05) is 24.6 Å². The molecule has 1 aliphatic carbocycles. The van der Waals surface area contributed by atoms with E-state index in [0.29, 0.717) is 5.92 Å². The Hall–Kier alpha value is -1.32. The summed E-state index contributed by atoms with van der Waals surface area (Å²) in [4.78, 5) is 0. The summed E-state index contributed by atoms with van der Waals surface area (Å²) in [6, 6.07) is 8.20. The summed E-state index contributed by atoms with van der Waals surface area (Å²) < 4.78 is 1.94. The minimum Gasteiger partial charge on any atom is -0.327 e. The van der Waals surface area contributed by atoms with Crippen molar-refractivity contribution in [1.82, 2.24) is 9.78 Å². The van der Waals surface area contributed by atoms with Crippen LogP contribution in [0.3, 0.4) is 0 Å². The van der Waals surface area contributed by atoms with Crippen LogP contribution in [0.2, 0.25) is 5.02 Å². The fourth-order valence-electron chi connectivity index (χ4n) is 2.44. The van der Waals surface area contributed by atoms with Crippen LogP contribution >= 0.6 is 11.6 Å². The van der Waals surface area contributed by atoms with Crippen LogP contribution in [0.5, 0.6) is 0 Å². The number of hydrogen-bond donors (Lipinski definition) is 1. The zero-order chi connectivity index (χ0) is 14.1. The first kappa shape index (κ1) is 13.7. The highest BCUT2D eigenvalue weighted by molar-refractivity contribution is 6.31. The van der Waals surface area contributed by atoms with Gasteiger partial charge in [-0.3, -0.25) is 0 Å². The highest BCUT2D eigenvalue weighted by Crippen LogP contribution is 2.39. The molecule has 0 aliphatic heterocycles. The molecule has 1 fully saturated rings. The van der Waals surface area contributed by atoms with Crippen LogP contribution in [-0.2, 0) is 6.42 Å². The molecule has 0 radical (unpaired) electrons. The number of nitrogens with zero attached hydrogens (tertiary/aromatic N) is 2. The number of hydrogen-bond acceptors (Lipinski definition) is 2. The standard InChI is InChI=1S/C16H20ClN3/c1-2-12(18)10-13-14(17)4-3-5-16(13)20-9-8-15(19-20)11-6-7-11/h3-5,8-9,11-12H,2,6-7,10,18H2,1H3. The molecule has 1 unspecified atom stereocenters. The summed E-state index contributed by atoms with van der Waals surface area (Å²) in [5.74, 6) is 0.664. The van der Waals surface area contributed by atoms with Gasteiger partial charge < -0.3 is 5.73 Å². The van der Waals surface area contributed by atoms with Gasteiger partial charge in [-0.25, -0.2) is 4.68 Å². The molecule has 4 heteroatoms. The predicted octanol–water partition coefficient (Wildman–Crippen LogP) is 3.68. The van der Waals surface area contributed by atoms with E-state index >= 15 is 0 Å². The van der Waals surface area contributed by atoms with E-state index in [1.54, 1.807) is 0 Å². The summed E-state index contributed by atoms with van der Waals surface area (Å²) in [6.07, 6.45) is 6.28. The van der Waals surface area contributed by atoms with Crippen molar-refractivity contribution in [2.45, 2.75) is 44.6 Å². The highest BCUT2D eigenvalue weighted by atomic mass is 35.5. The van der Waals surface area contributed by atoms with Crippen molar-refractivity contribution in [3.63, 3.8) is 0 Å². The number of benzene rings is 1. The first-order valence-electron chi connectivity index (χ1n) is 7.28. The molecule has 2 aromatic rings. The van der Waals surface area contributed by atoms with Crippen molar-refractivity contribution >= 4 is 11.6 Å². The van der Waals surface area contributed by atoms with E-state index in [2.05, 4.69) is 19.1 Å².